The molecule has 1 fully saturated rings. The van der Waals surface area contributed by atoms with Crippen molar-refractivity contribution in [1.82, 2.24) is 4.90 Å². The molecule has 142 valence electrons. The second-order valence-corrected chi connectivity index (χ2v) is 6.86. The van der Waals surface area contributed by atoms with E-state index in [1.807, 2.05) is 11.9 Å². The Morgan fingerprint density at radius 3 is 2.69 bits per heavy atom. The molecule has 1 saturated carbocycles. The number of rotatable bonds is 8. The van der Waals surface area contributed by atoms with Crippen molar-refractivity contribution in [3.05, 3.63) is 39.4 Å². The third-order valence-corrected chi connectivity index (χ3v) is 5.17. The van der Waals surface area contributed by atoms with Gasteiger partial charge in [-0.15, -0.1) is 0 Å². The monoisotopic (exact) mass is 362 g/mol. The van der Waals surface area contributed by atoms with Gasteiger partial charge in [-0.05, 0) is 31.2 Å². The van der Waals surface area contributed by atoms with Gasteiger partial charge in [-0.1, -0.05) is 31.4 Å². The van der Waals surface area contributed by atoms with Crippen LogP contribution in [0.2, 0.25) is 0 Å². The third-order valence-electron chi connectivity index (χ3n) is 5.17. The lowest BCUT2D eigenvalue weighted by Gasteiger charge is -2.31. The summed E-state index contributed by atoms with van der Waals surface area (Å²) in [5.41, 5.74) is -0.178. The van der Waals surface area contributed by atoms with E-state index in [0.717, 1.165) is 25.7 Å². The van der Waals surface area contributed by atoms with Gasteiger partial charge >= 0.3 is 0 Å². The van der Waals surface area contributed by atoms with Crippen molar-refractivity contribution in [1.29, 1.82) is 0 Å². The average Bonchev–Trinajstić information content (AvgIpc) is 2.66. The molecule has 7 heteroatoms. The largest absolute Gasteiger partial charge is 0.388 e. The molecule has 0 aromatic heterocycles. The van der Waals surface area contributed by atoms with E-state index >= 15 is 0 Å². The summed E-state index contributed by atoms with van der Waals surface area (Å²) in [6, 6.07) is 4.51. The Morgan fingerprint density at radius 2 is 2.08 bits per heavy atom. The van der Waals surface area contributed by atoms with Crippen molar-refractivity contribution in [3.63, 3.8) is 0 Å². The minimum Gasteiger partial charge on any atom is -0.388 e. The summed E-state index contributed by atoms with van der Waals surface area (Å²) in [5.74, 6) is 0.0544. The lowest BCUT2D eigenvalue weighted by Crippen LogP contribution is -2.38. The minimum atomic E-state index is -1.01. The van der Waals surface area contributed by atoms with Crippen molar-refractivity contribution in [2.45, 2.75) is 63.5 Å². The smallest absolute Gasteiger partial charge is 0.280 e. The number of nitrogens with zero attached hydrogens (tertiary/aromatic N) is 2. The fraction of sp³-hybridized carbons (Fsp3) is 0.579. The first-order valence-corrected chi connectivity index (χ1v) is 9.12. The van der Waals surface area contributed by atoms with Crippen molar-refractivity contribution in [3.8, 4) is 0 Å². The molecule has 7 nitrogen and oxygen atoms in total. The molecule has 1 aliphatic rings. The molecule has 1 aliphatic carbocycles. The number of benzene rings is 1. The molecule has 26 heavy (non-hydrogen) atoms. The van der Waals surface area contributed by atoms with E-state index in [2.05, 4.69) is 0 Å². The second-order valence-electron chi connectivity index (χ2n) is 6.86. The Kier molecular flexibility index (Phi) is 7.26. The fourth-order valence-electron chi connectivity index (χ4n) is 3.60. The van der Waals surface area contributed by atoms with Gasteiger partial charge in [0.1, 0.15) is 0 Å². The zero-order valence-corrected chi connectivity index (χ0v) is 15.1. The van der Waals surface area contributed by atoms with Crippen LogP contribution in [0.1, 0.15) is 73.4 Å². The Balaban J connectivity index is 1.91. The van der Waals surface area contributed by atoms with Gasteiger partial charge in [0.2, 0.25) is 5.91 Å². The molecular formula is C19H26N2O5. The normalized spacial score (nSPS) is 16.1. The van der Waals surface area contributed by atoms with E-state index in [9.17, 15) is 24.8 Å². The summed E-state index contributed by atoms with van der Waals surface area (Å²) in [4.78, 5) is 35.7. The molecule has 1 N–H and O–H groups in total. The van der Waals surface area contributed by atoms with Crippen LogP contribution in [0.4, 0.5) is 5.69 Å². The van der Waals surface area contributed by atoms with Gasteiger partial charge in [-0.2, -0.15) is 0 Å². The first-order valence-electron chi connectivity index (χ1n) is 9.12. The van der Waals surface area contributed by atoms with Crippen LogP contribution in [0.3, 0.4) is 0 Å². The van der Waals surface area contributed by atoms with Gasteiger partial charge in [0.25, 0.3) is 5.69 Å². The number of carbonyl (C=O) groups is 2. The lowest BCUT2D eigenvalue weighted by molar-refractivity contribution is -0.385. The number of aliphatic hydroxyl groups is 1. The molecule has 1 unspecified atom stereocenters. The molecule has 1 atom stereocenters. The molecule has 0 spiro atoms. The topological polar surface area (TPSA) is 101 Å². The van der Waals surface area contributed by atoms with Crippen LogP contribution in [-0.4, -0.2) is 40.2 Å². The standard InChI is InChI=1S/C19H26N2O5/c1-20(14-7-3-2-4-8-14)19(24)12-6-11-18(23)15-9-5-10-17(21(25)26)16(15)13-22/h5,9-10,13-14,18,23H,2-4,6-8,11-12H2,1H3. The van der Waals surface area contributed by atoms with E-state index < -0.39 is 11.0 Å². The van der Waals surface area contributed by atoms with Gasteiger partial charge in [0.05, 0.1) is 16.6 Å². The molecule has 2 rings (SSSR count). The molecule has 1 aromatic carbocycles. The molecule has 0 aliphatic heterocycles. The predicted molar refractivity (Wildman–Crippen MR) is 96.9 cm³/mol. The molecule has 1 amide bonds. The Hall–Kier alpha value is -2.28. The van der Waals surface area contributed by atoms with Crippen molar-refractivity contribution in [2.24, 2.45) is 0 Å². The average molecular weight is 362 g/mol. The molecule has 1 aromatic rings. The van der Waals surface area contributed by atoms with E-state index in [1.165, 1.54) is 24.6 Å². The van der Waals surface area contributed by atoms with Crippen LogP contribution in [-0.2, 0) is 4.79 Å². The molecule has 0 radical (unpaired) electrons. The van der Waals surface area contributed by atoms with E-state index in [-0.39, 0.29) is 29.1 Å². The highest BCUT2D eigenvalue weighted by Gasteiger charge is 2.23. The van der Waals surface area contributed by atoms with Gasteiger partial charge in [-0.3, -0.25) is 19.7 Å². The minimum absolute atomic E-state index is 0.0544. The maximum atomic E-state index is 12.3. The Labute approximate surface area is 153 Å². The number of nitro benzene ring substituents is 1. The maximum Gasteiger partial charge on any atom is 0.280 e. The zero-order chi connectivity index (χ0) is 19.1. The number of carbonyl (C=O) groups excluding carboxylic acids is 2. The van der Waals surface area contributed by atoms with Crippen LogP contribution in [0.15, 0.2) is 18.2 Å². The summed E-state index contributed by atoms with van der Waals surface area (Å²) in [6.07, 6.45) is 6.06. The Morgan fingerprint density at radius 1 is 1.38 bits per heavy atom. The van der Waals surface area contributed by atoms with E-state index in [0.29, 0.717) is 25.2 Å². The summed E-state index contributed by atoms with van der Waals surface area (Å²) < 4.78 is 0. The van der Waals surface area contributed by atoms with Crippen LogP contribution in [0.25, 0.3) is 0 Å². The Bertz CT molecular complexity index is 655. The SMILES string of the molecule is CN(C(=O)CCCC(O)c1cccc([N+](=O)[O-])c1C=O)C1CCCCC1. The van der Waals surface area contributed by atoms with Gasteiger partial charge < -0.3 is 10.0 Å². The van der Waals surface area contributed by atoms with Gasteiger partial charge in [-0.25, -0.2) is 0 Å². The summed E-state index contributed by atoms with van der Waals surface area (Å²) in [5, 5.41) is 21.3. The number of aldehydes is 1. The number of hydrogen-bond acceptors (Lipinski definition) is 5. The summed E-state index contributed by atoms with van der Waals surface area (Å²) in [7, 11) is 1.83. The van der Waals surface area contributed by atoms with Crippen LogP contribution < -0.4 is 0 Å². The molecule has 0 bridgehead atoms. The first kappa shape index (κ1) is 20.0. The quantitative estimate of drug-likeness (QED) is 0.434. The summed E-state index contributed by atoms with van der Waals surface area (Å²) in [6.45, 7) is 0. The van der Waals surface area contributed by atoms with Crippen LogP contribution in [0.5, 0.6) is 0 Å². The fourth-order valence-corrected chi connectivity index (χ4v) is 3.60. The maximum absolute atomic E-state index is 12.3. The number of hydrogen-bond donors (Lipinski definition) is 1. The number of amides is 1. The zero-order valence-electron chi connectivity index (χ0n) is 15.1. The molecular weight excluding hydrogens is 336 g/mol. The van der Waals surface area contributed by atoms with Crippen LogP contribution in [0, 0.1) is 10.1 Å². The van der Waals surface area contributed by atoms with Gasteiger partial charge in [0, 0.05) is 25.6 Å². The van der Waals surface area contributed by atoms with E-state index in [1.54, 1.807) is 0 Å². The second kappa shape index (κ2) is 9.43. The lowest BCUT2D eigenvalue weighted by atomic mass is 9.94. The van der Waals surface area contributed by atoms with Crippen molar-refractivity contribution < 1.29 is 19.6 Å². The highest BCUT2D eigenvalue weighted by atomic mass is 16.6. The summed E-state index contributed by atoms with van der Waals surface area (Å²) >= 11 is 0. The first-order chi connectivity index (χ1) is 12.5. The van der Waals surface area contributed by atoms with Crippen molar-refractivity contribution >= 4 is 17.9 Å². The highest BCUT2D eigenvalue weighted by Crippen LogP contribution is 2.28. The molecule has 0 heterocycles. The predicted octanol–water partition coefficient (Wildman–Crippen LogP) is 3.40. The van der Waals surface area contributed by atoms with Gasteiger partial charge in [0.15, 0.2) is 6.29 Å². The van der Waals surface area contributed by atoms with Crippen molar-refractivity contribution in [2.75, 3.05) is 7.05 Å². The highest BCUT2D eigenvalue weighted by molar-refractivity contribution is 5.84. The number of aliphatic hydroxyl groups excluding tert-OH is 1. The number of nitro groups is 1. The van der Waals surface area contributed by atoms with E-state index in [4.69, 9.17) is 0 Å². The molecule has 0 saturated heterocycles. The van der Waals surface area contributed by atoms with Crippen LogP contribution >= 0.6 is 0 Å². The third kappa shape index (κ3) is 4.88.